The highest BCUT2D eigenvalue weighted by molar-refractivity contribution is 5.91. The molecule has 0 atom stereocenters. The molecule has 0 unspecified atom stereocenters. The summed E-state index contributed by atoms with van der Waals surface area (Å²) >= 11 is 0. The minimum Gasteiger partial charge on any atom is -0.491 e. The Kier molecular flexibility index (Phi) is 18.9. The number of hydrazine groups is 2. The van der Waals surface area contributed by atoms with Crippen LogP contribution in [0.2, 0.25) is 0 Å². The lowest BCUT2D eigenvalue weighted by Gasteiger charge is -2.36. The summed E-state index contributed by atoms with van der Waals surface area (Å²) in [6.07, 6.45) is 6.33. The van der Waals surface area contributed by atoms with Gasteiger partial charge < -0.3 is 51.1 Å². The Bertz CT molecular complexity index is 2660. The molecule has 2 fully saturated rings. The zero-order valence-corrected chi connectivity index (χ0v) is 39.5. The summed E-state index contributed by atoms with van der Waals surface area (Å²) < 4.78 is 53.7. The average molecular weight is 977 g/mol. The van der Waals surface area contributed by atoms with Gasteiger partial charge in [-0.3, -0.25) is 25.4 Å². The summed E-state index contributed by atoms with van der Waals surface area (Å²) in [6.45, 7) is 12.3. The smallest absolute Gasteiger partial charge is 0.262 e. The van der Waals surface area contributed by atoms with Crippen LogP contribution in [0.15, 0.2) is 60.9 Å². The Morgan fingerprint density at radius 3 is 1.56 bits per heavy atom. The van der Waals surface area contributed by atoms with Gasteiger partial charge in [-0.25, -0.2) is 24.0 Å². The number of nitrogen functional groups attached to an aromatic ring is 3. The fraction of sp³-hybridized carbons (Fsp3) is 0.432. The van der Waals surface area contributed by atoms with E-state index in [2.05, 4.69) is 61.1 Å². The van der Waals surface area contributed by atoms with E-state index in [1.807, 2.05) is 4.90 Å². The molecule has 0 spiro atoms. The van der Waals surface area contributed by atoms with Gasteiger partial charge in [0.25, 0.3) is 5.91 Å². The number of benzene rings is 2. The van der Waals surface area contributed by atoms with Crippen LogP contribution in [0.25, 0.3) is 22.1 Å². The van der Waals surface area contributed by atoms with Crippen LogP contribution in [0.4, 0.5) is 43.7 Å². The quantitative estimate of drug-likeness (QED) is 0.0272. The third kappa shape index (κ3) is 13.5. The second-order valence-corrected chi connectivity index (χ2v) is 15.9. The fourth-order valence-electron chi connectivity index (χ4n) is 7.84. The summed E-state index contributed by atoms with van der Waals surface area (Å²) in [5.74, 6) is 6.64. The van der Waals surface area contributed by atoms with Crippen molar-refractivity contribution in [2.24, 2.45) is 5.84 Å². The number of nitrogens with one attached hydrogen (secondary N) is 3. The number of anilines is 6. The van der Waals surface area contributed by atoms with E-state index in [9.17, 15) is 13.6 Å². The molecule has 0 saturated carbocycles. The van der Waals surface area contributed by atoms with Gasteiger partial charge in [0.1, 0.15) is 36.3 Å². The van der Waals surface area contributed by atoms with E-state index in [-0.39, 0.29) is 34.9 Å². The van der Waals surface area contributed by atoms with Crippen LogP contribution in [0, 0.1) is 11.6 Å². The van der Waals surface area contributed by atoms with Gasteiger partial charge in [0.15, 0.2) is 22.9 Å². The first-order valence-corrected chi connectivity index (χ1v) is 22.5. The van der Waals surface area contributed by atoms with Crippen LogP contribution in [-0.4, -0.2) is 167 Å². The zero-order chi connectivity index (χ0) is 48.7. The van der Waals surface area contributed by atoms with Gasteiger partial charge in [-0.15, -0.1) is 0 Å². The van der Waals surface area contributed by atoms with Crippen LogP contribution in [0.3, 0.4) is 0 Å². The van der Waals surface area contributed by atoms with Crippen molar-refractivity contribution in [1.29, 1.82) is 0 Å². The van der Waals surface area contributed by atoms with E-state index in [0.717, 1.165) is 57.7 Å². The van der Waals surface area contributed by atoms with Gasteiger partial charge in [0.05, 0.1) is 60.8 Å². The molecule has 70 heavy (non-hydrogen) atoms. The Labute approximate surface area is 402 Å². The molecule has 2 aliphatic rings. The van der Waals surface area contributed by atoms with Crippen LogP contribution in [0.1, 0.15) is 6.92 Å². The predicted molar refractivity (Wildman–Crippen MR) is 262 cm³/mol. The van der Waals surface area contributed by atoms with Crippen molar-refractivity contribution in [1.82, 2.24) is 54.7 Å². The lowest BCUT2D eigenvalue weighted by molar-refractivity contribution is -0.116. The second kappa shape index (κ2) is 25.4. The number of allylic oxidation sites excluding steroid dienone is 1. The normalized spacial score (nSPS) is 14.4. The number of aromatic nitrogens is 8. The van der Waals surface area contributed by atoms with Gasteiger partial charge in [0, 0.05) is 97.9 Å². The lowest BCUT2D eigenvalue weighted by Crippen LogP contribution is -2.47. The molecule has 6 aromatic rings. The topological polar surface area (TPSA) is 300 Å². The lowest BCUT2D eigenvalue weighted by atomic mass is 10.2. The molecule has 0 bridgehead atoms. The van der Waals surface area contributed by atoms with Gasteiger partial charge in [-0.2, -0.15) is 30.1 Å². The Balaban J connectivity index is 0.000000229. The summed E-state index contributed by atoms with van der Waals surface area (Å²) in [4.78, 5) is 37.3. The minimum atomic E-state index is -0.314. The van der Waals surface area contributed by atoms with Crippen LogP contribution < -0.4 is 52.9 Å². The third-order valence-electron chi connectivity index (χ3n) is 11.4. The molecule has 6 heterocycles. The number of methoxy groups -OCH3 is 2. The maximum atomic E-state index is 14.7. The first kappa shape index (κ1) is 52.1. The summed E-state index contributed by atoms with van der Waals surface area (Å²) in [7, 11) is 3.20. The van der Waals surface area contributed by atoms with E-state index in [1.54, 1.807) is 73.2 Å². The van der Waals surface area contributed by atoms with Crippen molar-refractivity contribution < 1.29 is 38.0 Å². The molecular formula is C44H62F2N18O6. The number of halogens is 2. The molecule has 2 aromatic carbocycles. The van der Waals surface area contributed by atoms with Gasteiger partial charge in [0.2, 0.25) is 11.9 Å². The molecule has 4 aromatic heterocycles. The number of carbonyl (C=O) groups excluding carboxylic acids is 1. The zero-order valence-electron chi connectivity index (χ0n) is 39.5. The molecule has 8 rings (SSSR count). The standard InChI is InChI=1S/C24H32FN9O3.C20H28FN9O2.H2O/c1-3-4-21(35)30-31-22-18-16-27-34(23(18)29-24(26)28-22)12-9-32-7-10-33(11-8-32)20-6-5-17(15-19(20)25)37-14-13-36-2;1-31-10-11-32-14-2-3-17(16(21)12-14)29-7-4-28(5-8-29)6-9-30-19-15(13-24-30)18(27-23)25-20(22)26-19;/h3-6,15-16H,7-14H2,1-2H3,(H,30,35)(H3,26,28,29,31);2-3,12-13H,4-11,23H2,1H3,(H3,22,25,26,27);1H2/b4-3+;;. The molecule has 24 nitrogen and oxygen atoms in total. The summed E-state index contributed by atoms with van der Waals surface area (Å²) in [5.41, 5.74) is 21.9. The van der Waals surface area contributed by atoms with Crippen molar-refractivity contribution in [2.45, 2.75) is 20.0 Å². The first-order chi connectivity index (χ1) is 33.6. The summed E-state index contributed by atoms with van der Waals surface area (Å²) in [5, 5.41) is 10.2. The highest BCUT2D eigenvalue weighted by Crippen LogP contribution is 2.28. The van der Waals surface area contributed by atoms with Crippen LogP contribution in [-0.2, 0) is 27.4 Å². The molecule has 1 amide bonds. The Morgan fingerprint density at radius 1 is 0.671 bits per heavy atom. The molecule has 11 N–H and O–H groups in total. The predicted octanol–water partition coefficient (Wildman–Crippen LogP) is 1.27. The van der Waals surface area contributed by atoms with Gasteiger partial charge >= 0.3 is 0 Å². The molecule has 0 aliphatic carbocycles. The molecule has 378 valence electrons. The fourth-order valence-corrected chi connectivity index (χ4v) is 7.84. The number of nitrogens with two attached hydrogens (primary N) is 3. The highest BCUT2D eigenvalue weighted by atomic mass is 19.1. The molecule has 26 heteroatoms. The maximum Gasteiger partial charge on any atom is 0.262 e. The molecule has 2 aliphatic heterocycles. The van der Waals surface area contributed by atoms with E-state index >= 15 is 0 Å². The number of hydrogen-bond donors (Lipinski definition) is 6. The van der Waals surface area contributed by atoms with Crippen LogP contribution in [0.5, 0.6) is 11.5 Å². The summed E-state index contributed by atoms with van der Waals surface area (Å²) in [6, 6.07) is 9.96. The number of ether oxygens (including phenoxy) is 4. The number of piperazine rings is 2. The monoisotopic (exact) mass is 977 g/mol. The van der Waals surface area contributed by atoms with Crippen molar-refractivity contribution in [3.05, 3.63) is 72.6 Å². The highest BCUT2D eigenvalue weighted by Gasteiger charge is 2.23. The van der Waals surface area contributed by atoms with Crippen molar-refractivity contribution >= 4 is 62.9 Å². The van der Waals surface area contributed by atoms with E-state index in [1.165, 1.54) is 18.2 Å². The number of hydrogen-bond acceptors (Lipinski definition) is 20. The van der Waals surface area contributed by atoms with Crippen molar-refractivity contribution in [3.8, 4) is 11.5 Å². The maximum absolute atomic E-state index is 14.7. The Hall–Kier alpha value is -7.23. The SMILES string of the molecule is C/C=C/C(=O)NNc1nc(N)nc2c1cnn2CCN1CCN(c2ccc(OCCOC)cc2F)CC1.COCCOc1ccc(N2CCN(CCn3ncc4c(NN)nc(N)nc43)CC2)c(F)c1.O. The number of nitrogens with zero attached hydrogens (tertiary/aromatic N) is 12. The third-order valence-corrected chi connectivity index (χ3v) is 11.4. The van der Waals surface area contributed by atoms with Crippen molar-refractivity contribution in [3.63, 3.8) is 0 Å². The molecule has 2 saturated heterocycles. The van der Waals surface area contributed by atoms with Crippen LogP contribution >= 0.6 is 0 Å². The van der Waals surface area contributed by atoms with Gasteiger partial charge in [-0.05, 0) is 31.2 Å². The van der Waals surface area contributed by atoms with E-state index < -0.39 is 0 Å². The number of rotatable bonds is 20. The minimum absolute atomic E-state index is 0. The van der Waals surface area contributed by atoms with Gasteiger partial charge in [-0.1, -0.05) is 6.08 Å². The number of fused-ring (bicyclic) bond motifs is 2. The Morgan fingerprint density at radius 2 is 1.13 bits per heavy atom. The van der Waals surface area contributed by atoms with E-state index in [0.29, 0.717) is 104 Å². The largest absolute Gasteiger partial charge is 0.491 e. The first-order valence-electron chi connectivity index (χ1n) is 22.5. The number of carbonyl (C=O) groups is 1. The molecule has 0 radical (unpaired) electrons. The average Bonchev–Trinajstić information content (AvgIpc) is 3.96. The number of amides is 1. The van der Waals surface area contributed by atoms with Crippen molar-refractivity contribution in [2.75, 3.05) is 138 Å². The molecular weight excluding hydrogens is 915 g/mol. The second-order valence-electron chi connectivity index (χ2n) is 15.9. The van der Waals surface area contributed by atoms with E-state index in [4.69, 9.17) is 36.3 Å².